The highest BCUT2D eigenvalue weighted by Gasteiger charge is 2.32. The minimum atomic E-state index is -4.45. The van der Waals surface area contributed by atoms with E-state index in [4.69, 9.17) is 5.26 Å². The fourth-order valence-electron chi connectivity index (χ4n) is 1.80. The van der Waals surface area contributed by atoms with Crippen LogP contribution in [0.15, 0.2) is 0 Å². The Morgan fingerprint density at radius 3 is 2.47 bits per heavy atom. The lowest BCUT2D eigenvalue weighted by molar-refractivity contribution is -0.154. The van der Waals surface area contributed by atoms with Crippen molar-refractivity contribution in [2.75, 3.05) is 19.6 Å². The molecule has 0 aliphatic carbocycles. The minimum absolute atomic E-state index is 0.209. The van der Waals surface area contributed by atoms with Gasteiger partial charge in [0.2, 0.25) is 5.91 Å². The average molecular weight is 249 g/mol. The van der Waals surface area contributed by atoms with Gasteiger partial charge in [-0.3, -0.25) is 9.69 Å². The number of carbonyl (C=O) groups excluding carboxylic acids is 1. The van der Waals surface area contributed by atoms with Gasteiger partial charge in [0.15, 0.2) is 0 Å². The summed E-state index contributed by atoms with van der Waals surface area (Å²) in [6.07, 6.45) is -4.70. The van der Waals surface area contributed by atoms with Gasteiger partial charge in [-0.1, -0.05) is 0 Å². The second-order valence-electron chi connectivity index (χ2n) is 4.07. The molecule has 17 heavy (non-hydrogen) atoms. The van der Waals surface area contributed by atoms with Gasteiger partial charge in [-0.2, -0.15) is 18.4 Å². The normalized spacial score (nSPS) is 18.7. The van der Waals surface area contributed by atoms with Crippen LogP contribution in [-0.2, 0) is 4.79 Å². The highest BCUT2D eigenvalue weighted by atomic mass is 19.4. The number of amides is 1. The Morgan fingerprint density at radius 2 is 2.00 bits per heavy atom. The number of hydrogen-bond donors (Lipinski definition) is 1. The number of nitriles is 1. The van der Waals surface area contributed by atoms with Crippen molar-refractivity contribution in [1.82, 2.24) is 10.2 Å². The molecule has 0 aromatic carbocycles. The molecule has 0 spiro atoms. The van der Waals surface area contributed by atoms with Gasteiger partial charge in [0.1, 0.15) is 6.42 Å². The molecule has 96 valence electrons. The second-order valence-corrected chi connectivity index (χ2v) is 4.07. The summed E-state index contributed by atoms with van der Waals surface area (Å²) in [5.74, 6) is -0.976. The monoisotopic (exact) mass is 249 g/mol. The first kappa shape index (κ1) is 13.8. The highest BCUT2D eigenvalue weighted by Crippen LogP contribution is 2.19. The summed E-state index contributed by atoms with van der Waals surface area (Å²) >= 11 is 0. The maximum Gasteiger partial charge on any atom is 0.397 e. The Balaban J connectivity index is 2.27. The molecule has 7 heteroatoms. The molecule has 0 aromatic heterocycles. The molecule has 0 aromatic rings. The van der Waals surface area contributed by atoms with Crippen LogP contribution in [0.1, 0.15) is 19.3 Å². The number of carbonyl (C=O) groups is 1. The number of halogens is 3. The van der Waals surface area contributed by atoms with E-state index in [-0.39, 0.29) is 6.04 Å². The van der Waals surface area contributed by atoms with Gasteiger partial charge in [0.05, 0.1) is 12.6 Å². The van der Waals surface area contributed by atoms with E-state index in [1.54, 1.807) is 0 Å². The van der Waals surface area contributed by atoms with Crippen LogP contribution in [-0.4, -0.2) is 42.7 Å². The Bertz CT molecular complexity index is 303. The van der Waals surface area contributed by atoms with Gasteiger partial charge >= 0.3 is 6.18 Å². The third kappa shape index (κ3) is 5.54. The number of alkyl halides is 3. The van der Waals surface area contributed by atoms with E-state index in [1.165, 1.54) is 0 Å². The van der Waals surface area contributed by atoms with Crippen LogP contribution in [0.2, 0.25) is 0 Å². The summed E-state index contributed by atoms with van der Waals surface area (Å²) < 4.78 is 35.8. The van der Waals surface area contributed by atoms with Crippen LogP contribution < -0.4 is 5.32 Å². The molecule has 4 nitrogen and oxygen atoms in total. The van der Waals surface area contributed by atoms with Crippen LogP contribution in [0.3, 0.4) is 0 Å². The standard InChI is InChI=1S/C10H14F3N3O/c11-10(12,13)7-9(17)15-8-1-4-16(5-2-8)6-3-14/h8H,1-2,4-7H2,(H,15,17). The summed E-state index contributed by atoms with van der Waals surface area (Å²) in [4.78, 5) is 12.9. The van der Waals surface area contributed by atoms with E-state index in [9.17, 15) is 18.0 Å². The van der Waals surface area contributed by atoms with Crippen molar-refractivity contribution in [3.8, 4) is 6.07 Å². The number of nitrogens with one attached hydrogen (secondary N) is 1. The molecule has 0 unspecified atom stereocenters. The average Bonchev–Trinajstić information content (AvgIpc) is 2.18. The molecular formula is C10H14F3N3O. The van der Waals surface area contributed by atoms with E-state index >= 15 is 0 Å². The second kappa shape index (κ2) is 5.87. The number of hydrogen-bond acceptors (Lipinski definition) is 3. The molecular weight excluding hydrogens is 235 g/mol. The van der Waals surface area contributed by atoms with Gasteiger partial charge in [0.25, 0.3) is 0 Å². The van der Waals surface area contributed by atoms with E-state index in [2.05, 4.69) is 5.32 Å². The molecule has 1 saturated heterocycles. The summed E-state index contributed by atoms with van der Waals surface area (Å²) in [6.45, 7) is 1.58. The van der Waals surface area contributed by atoms with E-state index in [0.29, 0.717) is 32.5 Å². The molecule has 1 aliphatic rings. The van der Waals surface area contributed by atoms with Gasteiger partial charge in [-0.05, 0) is 12.8 Å². The lowest BCUT2D eigenvalue weighted by atomic mass is 10.0. The third-order valence-corrected chi connectivity index (χ3v) is 2.61. The fourth-order valence-corrected chi connectivity index (χ4v) is 1.80. The minimum Gasteiger partial charge on any atom is -0.353 e. The number of likely N-dealkylation sites (tertiary alicyclic amines) is 1. The van der Waals surface area contributed by atoms with Gasteiger partial charge in [-0.25, -0.2) is 0 Å². The molecule has 1 rings (SSSR count). The van der Waals surface area contributed by atoms with Crippen LogP contribution in [0.4, 0.5) is 13.2 Å². The highest BCUT2D eigenvalue weighted by molar-refractivity contribution is 5.76. The van der Waals surface area contributed by atoms with E-state index in [0.717, 1.165) is 0 Å². The summed E-state index contributed by atoms with van der Waals surface area (Å²) in [7, 11) is 0. The number of nitrogens with zero attached hydrogens (tertiary/aromatic N) is 2. The molecule has 0 bridgehead atoms. The quantitative estimate of drug-likeness (QED) is 0.760. The predicted octanol–water partition coefficient (Wildman–Crippen LogP) is 1.04. The van der Waals surface area contributed by atoms with Crippen molar-refractivity contribution >= 4 is 5.91 Å². The lowest BCUT2D eigenvalue weighted by Gasteiger charge is -2.30. The zero-order valence-corrected chi connectivity index (χ0v) is 9.26. The zero-order valence-electron chi connectivity index (χ0n) is 9.26. The maximum absolute atomic E-state index is 11.9. The fraction of sp³-hybridized carbons (Fsp3) is 0.800. The first-order valence-electron chi connectivity index (χ1n) is 5.36. The van der Waals surface area contributed by atoms with Crippen LogP contribution in [0.5, 0.6) is 0 Å². The van der Waals surface area contributed by atoms with Crippen LogP contribution >= 0.6 is 0 Å². The smallest absolute Gasteiger partial charge is 0.353 e. The molecule has 1 fully saturated rings. The molecule has 1 heterocycles. The topological polar surface area (TPSA) is 56.1 Å². The van der Waals surface area contributed by atoms with Crippen molar-refractivity contribution < 1.29 is 18.0 Å². The molecule has 1 N–H and O–H groups in total. The Labute approximate surface area is 97.4 Å². The number of rotatable bonds is 3. The SMILES string of the molecule is N#CCN1CCC(NC(=O)CC(F)(F)F)CC1. The zero-order chi connectivity index (χ0) is 12.9. The molecule has 0 radical (unpaired) electrons. The van der Waals surface area contributed by atoms with Gasteiger partial charge in [0, 0.05) is 19.1 Å². The third-order valence-electron chi connectivity index (χ3n) is 2.61. The van der Waals surface area contributed by atoms with Gasteiger partial charge in [-0.15, -0.1) is 0 Å². The Morgan fingerprint density at radius 1 is 1.41 bits per heavy atom. The maximum atomic E-state index is 11.9. The Hall–Kier alpha value is -1.29. The summed E-state index contributed by atoms with van der Waals surface area (Å²) in [5.41, 5.74) is 0. The Kier molecular flexibility index (Phi) is 4.75. The van der Waals surface area contributed by atoms with Crippen molar-refractivity contribution in [1.29, 1.82) is 5.26 Å². The van der Waals surface area contributed by atoms with Crippen LogP contribution in [0, 0.1) is 11.3 Å². The molecule has 1 aliphatic heterocycles. The van der Waals surface area contributed by atoms with Crippen molar-refractivity contribution in [2.24, 2.45) is 0 Å². The van der Waals surface area contributed by atoms with Crippen LogP contribution in [0.25, 0.3) is 0 Å². The summed E-state index contributed by atoms with van der Waals surface area (Å²) in [6, 6.07) is 1.81. The summed E-state index contributed by atoms with van der Waals surface area (Å²) in [5, 5.41) is 10.8. The molecule has 0 atom stereocenters. The largest absolute Gasteiger partial charge is 0.397 e. The molecule has 0 saturated carbocycles. The van der Waals surface area contributed by atoms with Crippen molar-refractivity contribution in [3.05, 3.63) is 0 Å². The first-order chi connectivity index (χ1) is 7.90. The lowest BCUT2D eigenvalue weighted by Crippen LogP contribution is -2.45. The van der Waals surface area contributed by atoms with Crippen molar-refractivity contribution in [2.45, 2.75) is 31.5 Å². The van der Waals surface area contributed by atoms with Gasteiger partial charge < -0.3 is 5.32 Å². The van der Waals surface area contributed by atoms with Crippen molar-refractivity contribution in [3.63, 3.8) is 0 Å². The predicted molar refractivity (Wildman–Crippen MR) is 53.9 cm³/mol. The van der Waals surface area contributed by atoms with E-state index in [1.807, 2.05) is 11.0 Å². The number of piperidine rings is 1. The van der Waals surface area contributed by atoms with E-state index < -0.39 is 18.5 Å². The molecule has 1 amide bonds. The first-order valence-corrected chi connectivity index (χ1v) is 5.36.